The quantitative estimate of drug-likeness (QED) is 0.741. The van der Waals surface area contributed by atoms with Gasteiger partial charge >= 0.3 is 0 Å². The van der Waals surface area contributed by atoms with Crippen molar-refractivity contribution in [2.75, 3.05) is 68.8 Å². The van der Waals surface area contributed by atoms with Gasteiger partial charge in [0.15, 0.2) is 0 Å². The van der Waals surface area contributed by atoms with Gasteiger partial charge in [-0.25, -0.2) is 4.98 Å². The van der Waals surface area contributed by atoms with Gasteiger partial charge in [-0.05, 0) is 6.92 Å². The van der Waals surface area contributed by atoms with Crippen LogP contribution in [0.3, 0.4) is 0 Å². The van der Waals surface area contributed by atoms with Crippen LogP contribution in [0, 0.1) is 6.92 Å². The number of rotatable bonds is 5. The largest absolute Gasteiger partial charge is 0.378 e. The summed E-state index contributed by atoms with van der Waals surface area (Å²) < 4.78 is 7.33. The Labute approximate surface area is 153 Å². The van der Waals surface area contributed by atoms with Crippen LogP contribution in [0.25, 0.3) is 0 Å². The number of piperazine rings is 1. The standard InChI is InChI=1S/C17H26N8O/c1-15-14-16(23-10-12-26-13-11-23)20-17(19-15)24-7-4-22(5-8-24)6-9-25-3-2-18-21-25/h2-3,14H,4-13H2,1H3. The summed E-state index contributed by atoms with van der Waals surface area (Å²) in [5, 5.41) is 7.87. The van der Waals surface area contributed by atoms with Gasteiger partial charge in [-0.2, -0.15) is 4.98 Å². The third-order valence-corrected chi connectivity index (χ3v) is 4.94. The van der Waals surface area contributed by atoms with Crippen LogP contribution in [0.4, 0.5) is 11.8 Å². The van der Waals surface area contributed by atoms with Crippen LogP contribution in [-0.2, 0) is 11.3 Å². The minimum Gasteiger partial charge on any atom is -0.378 e. The van der Waals surface area contributed by atoms with Gasteiger partial charge in [0.05, 0.1) is 26.0 Å². The third-order valence-electron chi connectivity index (χ3n) is 4.94. The lowest BCUT2D eigenvalue weighted by atomic mass is 10.3. The number of morpholine rings is 1. The van der Waals surface area contributed by atoms with Crippen molar-refractivity contribution in [3.63, 3.8) is 0 Å². The minimum absolute atomic E-state index is 0.767. The average molecular weight is 358 g/mol. The first-order valence-electron chi connectivity index (χ1n) is 9.28. The molecule has 9 heteroatoms. The van der Waals surface area contributed by atoms with Crippen LogP contribution in [-0.4, -0.2) is 88.9 Å². The topological polar surface area (TPSA) is 75.4 Å². The SMILES string of the molecule is Cc1cc(N2CCOCC2)nc(N2CCN(CCn3ccnn3)CC2)n1. The Kier molecular flexibility index (Phi) is 5.26. The van der Waals surface area contributed by atoms with E-state index in [0.717, 1.165) is 83.0 Å². The molecule has 26 heavy (non-hydrogen) atoms. The van der Waals surface area contributed by atoms with E-state index >= 15 is 0 Å². The molecule has 9 nitrogen and oxygen atoms in total. The molecule has 2 fully saturated rings. The third kappa shape index (κ3) is 4.10. The Balaban J connectivity index is 1.35. The maximum atomic E-state index is 5.45. The monoisotopic (exact) mass is 358 g/mol. The Hall–Kier alpha value is -2.26. The number of anilines is 2. The number of aromatic nitrogens is 5. The number of ether oxygens (including phenoxy) is 1. The fourth-order valence-corrected chi connectivity index (χ4v) is 3.40. The van der Waals surface area contributed by atoms with Crippen LogP contribution in [0.1, 0.15) is 5.69 Å². The molecule has 0 unspecified atom stereocenters. The van der Waals surface area contributed by atoms with Gasteiger partial charge in [0.2, 0.25) is 5.95 Å². The van der Waals surface area contributed by atoms with Crippen molar-refractivity contribution in [2.45, 2.75) is 13.5 Å². The molecule has 0 spiro atoms. The molecule has 2 aromatic heterocycles. The molecule has 0 atom stereocenters. The maximum Gasteiger partial charge on any atom is 0.227 e. The zero-order valence-corrected chi connectivity index (χ0v) is 15.3. The van der Waals surface area contributed by atoms with E-state index in [0.29, 0.717) is 0 Å². The molecule has 2 saturated heterocycles. The van der Waals surface area contributed by atoms with E-state index < -0.39 is 0 Å². The number of hydrogen-bond donors (Lipinski definition) is 0. The van der Waals surface area contributed by atoms with Gasteiger partial charge in [0, 0.05) is 63.8 Å². The van der Waals surface area contributed by atoms with Crippen molar-refractivity contribution in [1.82, 2.24) is 29.9 Å². The van der Waals surface area contributed by atoms with Gasteiger partial charge in [-0.1, -0.05) is 5.21 Å². The van der Waals surface area contributed by atoms with Gasteiger partial charge in [0.25, 0.3) is 0 Å². The second kappa shape index (κ2) is 7.96. The van der Waals surface area contributed by atoms with Crippen molar-refractivity contribution in [3.05, 3.63) is 24.2 Å². The summed E-state index contributed by atoms with van der Waals surface area (Å²) in [5.74, 6) is 1.87. The number of hydrogen-bond acceptors (Lipinski definition) is 8. The predicted octanol–water partition coefficient (Wildman–Crippen LogP) is 0.0353. The molecule has 0 saturated carbocycles. The highest BCUT2D eigenvalue weighted by molar-refractivity contribution is 5.46. The lowest BCUT2D eigenvalue weighted by Gasteiger charge is -2.35. The van der Waals surface area contributed by atoms with E-state index in [1.807, 2.05) is 17.8 Å². The molecule has 0 bridgehead atoms. The van der Waals surface area contributed by atoms with Crippen LogP contribution in [0.15, 0.2) is 18.5 Å². The van der Waals surface area contributed by atoms with E-state index in [9.17, 15) is 0 Å². The smallest absolute Gasteiger partial charge is 0.227 e. The van der Waals surface area contributed by atoms with E-state index in [1.54, 1.807) is 6.20 Å². The first-order valence-corrected chi connectivity index (χ1v) is 9.28. The Morgan fingerprint density at radius 1 is 0.962 bits per heavy atom. The van der Waals surface area contributed by atoms with Crippen molar-refractivity contribution >= 4 is 11.8 Å². The van der Waals surface area contributed by atoms with E-state index in [-0.39, 0.29) is 0 Å². The van der Waals surface area contributed by atoms with Gasteiger partial charge in [0.1, 0.15) is 5.82 Å². The molecule has 0 N–H and O–H groups in total. The van der Waals surface area contributed by atoms with Crippen molar-refractivity contribution in [3.8, 4) is 0 Å². The maximum absolute atomic E-state index is 5.45. The molecule has 0 aromatic carbocycles. The Bertz CT molecular complexity index is 693. The van der Waals surface area contributed by atoms with Gasteiger partial charge < -0.3 is 14.5 Å². The molecule has 4 heterocycles. The molecule has 2 aliphatic heterocycles. The lowest BCUT2D eigenvalue weighted by Crippen LogP contribution is -2.48. The highest BCUT2D eigenvalue weighted by Gasteiger charge is 2.21. The summed E-state index contributed by atoms with van der Waals surface area (Å²) in [5.41, 5.74) is 1.02. The molecule has 2 aromatic rings. The fourth-order valence-electron chi connectivity index (χ4n) is 3.40. The normalized spacial score (nSPS) is 19.1. The zero-order chi connectivity index (χ0) is 17.8. The molecular formula is C17H26N8O. The Morgan fingerprint density at radius 2 is 1.77 bits per heavy atom. The van der Waals surface area contributed by atoms with Crippen molar-refractivity contribution < 1.29 is 4.74 Å². The molecule has 4 rings (SSSR count). The van der Waals surface area contributed by atoms with Crippen molar-refractivity contribution in [2.24, 2.45) is 0 Å². The van der Waals surface area contributed by atoms with Crippen LogP contribution in [0.5, 0.6) is 0 Å². The van der Waals surface area contributed by atoms with E-state index in [1.165, 1.54) is 0 Å². The lowest BCUT2D eigenvalue weighted by molar-refractivity contribution is 0.122. The minimum atomic E-state index is 0.767. The number of aryl methyl sites for hydroxylation is 1. The van der Waals surface area contributed by atoms with Crippen LogP contribution >= 0.6 is 0 Å². The molecule has 0 radical (unpaired) electrons. The van der Waals surface area contributed by atoms with E-state index in [2.05, 4.69) is 36.1 Å². The summed E-state index contributed by atoms with van der Waals surface area (Å²) >= 11 is 0. The zero-order valence-electron chi connectivity index (χ0n) is 15.3. The summed E-state index contributed by atoms with van der Waals surface area (Å²) in [7, 11) is 0. The second-order valence-corrected chi connectivity index (χ2v) is 6.76. The Morgan fingerprint density at radius 3 is 2.50 bits per heavy atom. The molecule has 2 aliphatic rings. The molecule has 140 valence electrons. The summed E-state index contributed by atoms with van der Waals surface area (Å²) in [4.78, 5) is 16.6. The van der Waals surface area contributed by atoms with Gasteiger partial charge in [-0.15, -0.1) is 5.10 Å². The summed E-state index contributed by atoms with van der Waals surface area (Å²) in [6.07, 6.45) is 3.63. The highest BCUT2D eigenvalue weighted by atomic mass is 16.5. The highest BCUT2D eigenvalue weighted by Crippen LogP contribution is 2.19. The number of nitrogens with zero attached hydrogens (tertiary/aromatic N) is 8. The second-order valence-electron chi connectivity index (χ2n) is 6.76. The van der Waals surface area contributed by atoms with Gasteiger partial charge in [-0.3, -0.25) is 9.58 Å². The predicted molar refractivity (Wildman–Crippen MR) is 98.5 cm³/mol. The molecular weight excluding hydrogens is 332 g/mol. The molecule has 0 amide bonds. The van der Waals surface area contributed by atoms with Crippen LogP contribution < -0.4 is 9.80 Å². The fraction of sp³-hybridized carbons (Fsp3) is 0.647. The summed E-state index contributed by atoms with van der Waals surface area (Å²) in [6, 6.07) is 2.07. The van der Waals surface area contributed by atoms with Crippen LogP contribution in [0.2, 0.25) is 0 Å². The first-order chi connectivity index (χ1) is 12.8. The average Bonchev–Trinajstić information content (AvgIpc) is 3.21. The van der Waals surface area contributed by atoms with E-state index in [4.69, 9.17) is 9.72 Å². The first kappa shape index (κ1) is 17.2. The summed E-state index contributed by atoms with van der Waals surface area (Å²) in [6.45, 7) is 11.2. The molecule has 0 aliphatic carbocycles. The van der Waals surface area contributed by atoms with Crippen molar-refractivity contribution in [1.29, 1.82) is 0 Å².